The van der Waals surface area contributed by atoms with Crippen molar-refractivity contribution in [1.29, 1.82) is 0 Å². The van der Waals surface area contributed by atoms with Crippen LogP contribution in [0.2, 0.25) is 0 Å². The lowest BCUT2D eigenvalue weighted by Crippen LogP contribution is -2.21. The molecule has 0 fully saturated rings. The van der Waals surface area contributed by atoms with Gasteiger partial charge in [0.1, 0.15) is 5.75 Å². The molecule has 0 aliphatic heterocycles. The summed E-state index contributed by atoms with van der Waals surface area (Å²) in [5.41, 5.74) is 2.93. The highest BCUT2D eigenvalue weighted by molar-refractivity contribution is 5.95. The summed E-state index contributed by atoms with van der Waals surface area (Å²) >= 11 is 0. The van der Waals surface area contributed by atoms with Crippen molar-refractivity contribution >= 4 is 5.78 Å². The van der Waals surface area contributed by atoms with E-state index in [4.69, 9.17) is 4.74 Å². The van der Waals surface area contributed by atoms with Gasteiger partial charge in [-0.1, -0.05) is 80.6 Å². The first-order chi connectivity index (χ1) is 12.0. The van der Waals surface area contributed by atoms with Crippen molar-refractivity contribution < 1.29 is 9.53 Å². The van der Waals surface area contributed by atoms with E-state index in [1.807, 2.05) is 12.1 Å². The summed E-state index contributed by atoms with van der Waals surface area (Å²) in [7, 11) is 0. The number of rotatable bonds is 9. The SMILES string of the molecule is CCCCCCCCOc1c(C(C)(C)C)cc(C(C)=O)cc1C(C)(C)C. The number of carbonyl (C=O) groups is 1. The van der Waals surface area contributed by atoms with Crippen LogP contribution in [0.3, 0.4) is 0 Å². The molecule has 2 heteroatoms. The van der Waals surface area contributed by atoms with Gasteiger partial charge >= 0.3 is 0 Å². The summed E-state index contributed by atoms with van der Waals surface area (Å²) in [4.78, 5) is 12.1. The van der Waals surface area contributed by atoms with Gasteiger partial charge in [-0.05, 0) is 36.3 Å². The predicted octanol–water partition coefficient (Wildman–Crippen LogP) is 7.22. The molecule has 0 spiro atoms. The van der Waals surface area contributed by atoms with Gasteiger partial charge in [-0.25, -0.2) is 0 Å². The quantitative estimate of drug-likeness (QED) is 0.343. The topological polar surface area (TPSA) is 26.3 Å². The Labute approximate surface area is 161 Å². The Kier molecular flexibility index (Phi) is 8.37. The predicted molar refractivity (Wildman–Crippen MR) is 113 cm³/mol. The van der Waals surface area contributed by atoms with E-state index < -0.39 is 0 Å². The number of ketones is 1. The van der Waals surface area contributed by atoms with Crippen LogP contribution in [-0.2, 0) is 10.8 Å². The molecule has 0 bridgehead atoms. The molecule has 0 N–H and O–H groups in total. The minimum Gasteiger partial charge on any atom is -0.493 e. The van der Waals surface area contributed by atoms with Crippen molar-refractivity contribution in [3.8, 4) is 5.75 Å². The van der Waals surface area contributed by atoms with Crippen LogP contribution in [0.4, 0.5) is 0 Å². The molecule has 1 aromatic rings. The van der Waals surface area contributed by atoms with Gasteiger partial charge in [0.25, 0.3) is 0 Å². The summed E-state index contributed by atoms with van der Waals surface area (Å²) < 4.78 is 6.35. The van der Waals surface area contributed by atoms with Crippen LogP contribution in [0.5, 0.6) is 5.75 Å². The molecule has 0 saturated heterocycles. The number of carbonyl (C=O) groups excluding carboxylic acids is 1. The van der Waals surface area contributed by atoms with E-state index >= 15 is 0 Å². The Morgan fingerprint density at radius 2 is 1.31 bits per heavy atom. The van der Waals surface area contributed by atoms with Crippen LogP contribution in [0.1, 0.15) is 115 Å². The highest BCUT2D eigenvalue weighted by atomic mass is 16.5. The molecule has 0 unspecified atom stereocenters. The van der Waals surface area contributed by atoms with Gasteiger partial charge < -0.3 is 4.74 Å². The molecule has 148 valence electrons. The number of benzene rings is 1. The van der Waals surface area contributed by atoms with E-state index in [1.165, 1.54) is 32.1 Å². The van der Waals surface area contributed by atoms with Gasteiger partial charge in [0.05, 0.1) is 6.61 Å². The van der Waals surface area contributed by atoms with Crippen LogP contribution in [-0.4, -0.2) is 12.4 Å². The van der Waals surface area contributed by atoms with Crippen LogP contribution >= 0.6 is 0 Å². The molecule has 0 aliphatic rings. The maximum Gasteiger partial charge on any atom is 0.159 e. The number of Topliss-reactive ketones (excluding diaryl/α,β-unsaturated/α-hetero) is 1. The highest BCUT2D eigenvalue weighted by Crippen LogP contribution is 2.41. The Morgan fingerprint density at radius 1 is 0.846 bits per heavy atom. The highest BCUT2D eigenvalue weighted by Gasteiger charge is 2.28. The van der Waals surface area contributed by atoms with E-state index in [2.05, 4.69) is 48.5 Å². The lowest BCUT2D eigenvalue weighted by atomic mass is 9.78. The molecule has 26 heavy (non-hydrogen) atoms. The normalized spacial score (nSPS) is 12.3. The Balaban J connectivity index is 3.08. The largest absolute Gasteiger partial charge is 0.493 e. The summed E-state index contributed by atoms with van der Waals surface area (Å²) in [6.07, 6.45) is 7.54. The zero-order valence-electron chi connectivity index (χ0n) is 18.4. The first-order valence-electron chi connectivity index (χ1n) is 10.3. The van der Waals surface area contributed by atoms with E-state index in [9.17, 15) is 4.79 Å². The second-order valence-corrected chi connectivity index (χ2v) is 9.57. The van der Waals surface area contributed by atoms with Crippen molar-refractivity contribution in [3.05, 3.63) is 28.8 Å². The summed E-state index contributed by atoms with van der Waals surface area (Å²) in [5.74, 6) is 1.10. The molecule has 1 rings (SSSR count). The van der Waals surface area contributed by atoms with Gasteiger partial charge in [0.15, 0.2) is 5.78 Å². The lowest BCUT2D eigenvalue weighted by Gasteiger charge is -2.30. The third-order valence-electron chi connectivity index (χ3n) is 4.86. The first-order valence-corrected chi connectivity index (χ1v) is 10.3. The molecule has 0 radical (unpaired) electrons. The van der Waals surface area contributed by atoms with Crippen LogP contribution < -0.4 is 4.74 Å². The van der Waals surface area contributed by atoms with Crippen LogP contribution in [0.15, 0.2) is 12.1 Å². The monoisotopic (exact) mass is 360 g/mol. The molecule has 0 saturated carbocycles. The minimum absolute atomic E-state index is 0.0675. The van der Waals surface area contributed by atoms with Crippen LogP contribution in [0, 0.1) is 0 Å². The summed E-state index contributed by atoms with van der Waals surface area (Å²) in [6, 6.07) is 4.07. The van der Waals surface area contributed by atoms with E-state index in [-0.39, 0.29) is 16.6 Å². The van der Waals surface area contributed by atoms with Gasteiger partial charge in [0, 0.05) is 16.7 Å². The fourth-order valence-corrected chi connectivity index (χ4v) is 3.16. The van der Waals surface area contributed by atoms with E-state index in [0.29, 0.717) is 0 Å². The average molecular weight is 361 g/mol. The maximum absolute atomic E-state index is 12.1. The molecule has 1 aromatic carbocycles. The Hall–Kier alpha value is -1.31. The van der Waals surface area contributed by atoms with Crippen LogP contribution in [0.25, 0.3) is 0 Å². The molecule has 0 heterocycles. The third kappa shape index (κ3) is 6.78. The molecule has 0 amide bonds. The van der Waals surface area contributed by atoms with Crippen molar-refractivity contribution in [1.82, 2.24) is 0 Å². The molecular formula is C24H40O2. The Morgan fingerprint density at radius 3 is 1.73 bits per heavy atom. The molecule has 2 nitrogen and oxygen atoms in total. The van der Waals surface area contributed by atoms with Crippen molar-refractivity contribution in [3.63, 3.8) is 0 Å². The second-order valence-electron chi connectivity index (χ2n) is 9.57. The van der Waals surface area contributed by atoms with Gasteiger partial charge in [-0.2, -0.15) is 0 Å². The average Bonchev–Trinajstić information content (AvgIpc) is 2.51. The first kappa shape index (κ1) is 22.7. The van der Waals surface area contributed by atoms with Crippen molar-refractivity contribution in [2.45, 2.75) is 105 Å². The number of hydrogen-bond donors (Lipinski definition) is 0. The molecule has 0 atom stereocenters. The minimum atomic E-state index is -0.0675. The van der Waals surface area contributed by atoms with Gasteiger partial charge in [0.2, 0.25) is 0 Å². The zero-order valence-corrected chi connectivity index (χ0v) is 18.4. The maximum atomic E-state index is 12.1. The number of ether oxygens (including phenoxy) is 1. The van der Waals surface area contributed by atoms with Gasteiger partial charge in [-0.3, -0.25) is 4.79 Å². The number of unbranched alkanes of at least 4 members (excludes halogenated alkanes) is 5. The van der Waals surface area contributed by atoms with Crippen molar-refractivity contribution in [2.75, 3.05) is 6.61 Å². The molecule has 0 aliphatic carbocycles. The molecule has 0 aromatic heterocycles. The fraction of sp³-hybridized carbons (Fsp3) is 0.708. The third-order valence-corrected chi connectivity index (χ3v) is 4.86. The number of hydrogen-bond acceptors (Lipinski definition) is 2. The fourth-order valence-electron chi connectivity index (χ4n) is 3.16. The van der Waals surface area contributed by atoms with Crippen molar-refractivity contribution in [2.24, 2.45) is 0 Å². The second kappa shape index (κ2) is 9.58. The van der Waals surface area contributed by atoms with E-state index in [0.717, 1.165) is 35.5 Å². The lowest BCUT2D eigenvalue weighted by molar-refractivity contribution is 0.101. The van der Waals surface area contributed by atoms with E-state index in [1.54, 1.807) is 6.92 Å². The van der Waals surface area contributed by atoms with Gasteiger partial charge in [-0.15, -0.1) is 0 Å². The smallest absolute Gasteiger partial charge is 0.159 e. The Bertz CT molecular complexity index is 550. The zero-order chi connectivity index (χ0) is 20.0. The summed E-state index contributed by atoms with van der Waals surface area (Å²) in [6.45, 7) is 17.8. The molecular weight excluding hydrogens is 320 g/mol. The standard InChI is InChI=1S/C24H40O2/c1-9-10-11-12-13-14-15-26-22-20(23(3,4)5)16-19(18(2)25)17-21(22)24(6,7)8/h16-17H,9-15H2,1-8H3. The summed E-state index contributed by atoms with van der Waals surface area (Å²) in [5, 5.41) is 0.